The number of amides is 3. The number of nitrogens with zero attached hydrogens (tertiary/aromatic N) is 3. The molecule has 1 fully saturated rings. The third kappa shape index (κ3) is 1.74. The first-order valence-corrected chi connectivity index (χ1v) is 5.23. The molecule has 0 N–H and O–H groups in total. The van der Waals surface area contributed by atoms with Crippen molar-refractivity contribution in [3.8, 4) is 6.07 Å². The summed E-state index contributed by atoms with van der Waals surface area (Å²) in [7, 11) is 0. The minimum Gasteiger partial charge on any atom is -0.282 e. The van der Waals surface area contributed by atoms with Gasteiger partial charge in [0.2, 0.25) is 0 Å². The van der Waals surface area contributed by atoms with Gasteiger partial charge in [0.25, 0.3) is 5.91 Å². The molecule has 3 amide bonds. The summed E-state index contributed by atoms with van der Waals surface area (Å²) in [5, 5.41) is 8.59. The summed E-state index contributed by atoms with van der Waals surface area (Å²) in [6.07, 6.45) is 0. The number of imide groups is 1. The van der Waals surface area contributed by atoms with Crippen molar-refractivity contribution in [2.75, 3.05) is 11.4 Å². The van der Waals surface area contributed by atoms with Gasteiger partial charge in [0, 0.05) is 5.69 Å². The number of para-hydroxylation sites is 1. The molecule has 1 unspecified atom stereocenters. The summed E-state index contributed by atoms with van der Waals surface area (Å²) in [4.78, 5) is 26.2. The lowest BCUT2D eigenvalue weighted by atomic mass is 10.2. The van der Waals surface area contributed by atoms with E-state index in [4.69, 9.17) is 5.26 Å². The van der Waals surface area contributed by atoms with E-state index in [1.807, 2.05) is 12.1 Å². The van der Waals surface area contributed by atoms with Gasteiger partial charge in [-0.05, 0) is 19.1 Å². The van der Waals surface area contributed by atoms with Crippen LogP contribution in [0.15, 0.2) is 30.3 Å². The molecule has 0 aromatic heterocycles. The first-order chi connectivity index (χ1) is 8.16. The van der Waals surface area contributed by atoms with E-state index >= 15 is 0 Å². The van der Waals surface area contributed by atoms with Crippen LogP contribution >= 0.6 is 0 Å². The van der Waals surface area contributed by atoms with Gasteiger partial charge in [-0.1, -0.05) is 18.2 Å². The molecule has 17 heavy (non-hydrogen) atoms. The smallest absolute Gasteiger partial charge is 0.282 e. The van der Waals surface area contributed by atoms with Crippen LogP contribution in [0.5, 0.6) is 0 Å². The monoisotopic (exact) mass is 229 g/mol. The number of hydrogen-bond acceptors (Lipinski definition) is 3. The van der Waals surface area contributed by atoms with E-state index in [0.717, 1.165) is 4.90 Å². The molecule has 86 valence electrons. The topological polar surface area (TPSA) is 64.4 Å². The Balaban J connectivity index is 2.35. The third-order valence-electron chi connectivity index (χ3n) is 2.71. The minimum atomic E-state index is -0.557. The molecule has 5 nitrogen and oxygen atoms in total. The van der Waals surface area contributed by atoms with Crippen molar-refractivity contribution in [2.45, 2.75) is 13.0 Å². The number of nitriles is 1. The molecule has 1 atom stereocenters. The summed E-state index contributed by atoms with van der Waals surface area (Å²) in [5.41, 5.74) is 0.666. The first kappa shape index (κ1) is 11.1. The molecule has 0 spiro atoms. The van der Waals surface area contributed by atoms with Crippen molar-refractivity contribution in [1.82, 2.24) is 4.90 Å². The van der Waals surface area contributed by atoms with Crippen molar-refractivity contribution in [2.24, 2.45) is 0 Å². The Hall–Kier alpha value is -2.35. The molecule has 0 aliphatic carbocycles. The highest BCUT2D eigenvalue weighted by molar-refractivity contribution is 6.14. The molecule has 1 aliphatic rings. The molecule has 1 aromatic carbocycles. The molecular formula is C12H11N3O2. The number of rotatable bonds is 2. The summed E-state index contributed by atoms with van der Waals surface area (Å²) in [5.74, 6) is -0.333. The Labute approximate surface area is 98.9 Å². The molecule has 1 heterocycles. The normalized spacial score (nSPS) is 19.6. The highest BCUT2D eigenvalue weighted by Gasteiger charge is 2.42. The number of carbonyl (C=O) groups excluding carboxylic acids is 2. The van der Waals surface area contributed by atoms with E-state index in [2.05, 4.69) is 0 Å². The van der Waals surface area contributed by atoms with Gasteiger partial charge in [0.15, 0.2) is 0 Å². The highest BCUT2D eigenvalue weighted by atomic mass is 16.2. The van der Waals surface area contributed by atoms with Crippen LogP contribution in [0.3, 0.4) is 0 Å². The van der Waals surface area contributed by atoms with Gasteiger partial charge in [-0.25, -0.2) is 9.69 Å². The fraction of sp³-hybridized carbons (Fsp3) is 0.250. The summed E-state index contributed by atoms with van der Waals surface area (Å²) in [6.45, 7) is 1.45. The molecule has 0 radical (unpaired) electrons. The number of carbonyl (C=O) groups is 2. The Bertz CT molecular complexity index is 492. The maximum atomic E-state index is 12.0. The van der Waals surface area contributed by atoms with E-state index in [0.29, 0.717) is 5.69 Å². The van der Waals surface area contributed by atoms with Crippen LogP contribution < -0.4 is 4.90 Å². The second-order valence-electron chi connectivity index (χ2n) is 3.75. The second kappa shape index (κ2) is 4.26. The van der Waals surface area contributed by atoms with Gasteiger partial charge in [-0.3, -0.25) is 9.69 Å². The zero-order chi connectivity index (χ0) is 12.4. The predicted molar refractivity (Wildman–Crippen MR) is 61.1 cm³/mol. The standard InChI is InChI=1S/C12H11N3O2/c1-9-11(16)14(8-7-13)12(17)15(9)10-5-3-2-4-6-10/h2-6,9H,8H2,1H3. The lowest BCUT2D eigenvalue weighted by Crippen LogP contribution is -2.33. The fourth-order valence-electron chi connectivity index (χ4n) is 1.86. The van der Waals surface area contributed by atoms with Crippen LogP contribution in [0.1, 0.15) is 6.92 Å². The number of benzene rings is 1. The summed E-state index contributed by atoms with van der Waals surface area (Å²) in [6, 6.07) is 9.79. The Kier molecular flexibility index (Phi) is 2.79. The van der Waals surface area contributed by atoms with Crippen molar-refractivity contribution >= 4 is 17.6 Å². The molecule has 0 bridgehead atoms. The van der Waals surface area contributed by atoms with Crippen LogP contribution in [-0.2, 0) is 4.79 Å². The van der Waals surface area contributed by atoms with E-state index in [-0.39, 0.29) is 12.5 Å². The Morgan fingerprint density at radius 3 is 2.53 bits per heavy atom. The zero-order valence-corrected chi connectivity index (χ0v) is 9.33. The number of hydrogen-bond donors (Lipinski definition) is 0. The van der Waals surface area contributed by atoms with E-state index < -0.39 is 12.1 Å². The SMILES string of the molecule is CC1C(=O)N(CC#N)C(=O)N1c1ccccc1. The fourth-order valence-corrected chi connectivity index (χ4v) is 1.86. The zero-order valence-electron chi connectivity index (χ0n) is 9.33. The summed E-state index contributed by atoms with van der Waals surface area (Å²) >= 11 is 0. The quantitative estimate of drug-likeness (QED) is 0.568. The lowest BCUT2D eigenvalue weighted by Gasteiger charge is -2.18. The molecule has 1 aromatic rings. The molecule has 1 aliphatic heterocycles. The largest absolute Gasteiger partial charge is 0.332 e. The Morgan fingerprint density at radius 1 is 1.29 bits per heavy atom. The molecule has 1 saturated heterocycles. The van der Waals surface area contributed by atoms with Crippen molar-refractivity contribution in [3.63, 3.8) is 0 Å². The second-order valence-corrected chi connectivity index (χ2v) is 3.75. The van der Waals surface area contributed by atoms with Crippen LogP contribution in [0.2, 0.25) is 0 Å². The lowest BCUT2D eigenvalue weighted by molar-refractivity contribution is -0.126. The van der Waals surface area contributed by atoms with Crippen LogP contribution in [-0.4, -0.2) is 29.4 Å². The predicted octanol–water partition coefficient (Wildman–Crippen LogP) is 1.37. The maximum absolute atomic E-state index is 12.0. The van der Waals surface area contributed by atoms with Crippen LogP contribution in [0, 0.1) is 11.3 Å². The van der Waals surface area contributed by atoms with Gasteiger partial charge in [-0.15, -0.1) is 0 Å². The maximum Gasteiger partial charge on any atom is 0.332 e. The molecule has 0 saturated carbocycles. The van der Waals surface area contributed by atoms with Gasteiger partial charge in [-0.2, -0.15) is 5.26 Å². The Morgan fingerprint density at radius 2 is 1.94 bits per heavy atom. The van der Waals surface area contributed by atoms with Gasteiger partial charge >= 0.3 is 6.03 Å². The number of anilines is 1. The van der Waals surface area contributed by atoms with Gasteiger partial charge in [0.1, 0.15) is 12.6 Å². The van der Waals surface area contributed by atoms with Crippen LogP contribution in [0.25, 0.3) is 0 Å². The van der Waals surface area contributed by atoms with E-state index in [1.165, 1.54) is 4.90 Å². The average Bonchev–Trinajstić information content (AvgIpc) is 2.55. The highest BCUT2D eigenvalue weighted by Crippen LogP contribution is 2.24. The van der Waals surface area contributed by atoms with Gasteiger partial charge in [0.05, 0.1) is 6.07 Å². The first-order valence-electron chi connectivity index (χ1n) is 5.23. The van der Waals surface area contributed by atoms with Crippen molar-refractivity contribution < 1.29 is 9.59 Å². The molecule has 2 rings (SSSR count). The molecule has 5 heteroatoms. The minimum absolute atomic E-state index is 0.203. The van der Waals surface area contributed by atoms with Crippen LogP contribution in [0.4, 0.5) is 10.5 Å². The van der Waals surface area contributed by atoms with Crippen molar-refractivity contribution in [1.29, 1.82) is 5.26 Å². The molecular weight excluding hydrogens is 218 g/mol. The third-order valence-corrected chi connectivity index (χ3v) is 2.71. The average molecular weight is 229 g/mol. The van der Waals surface area contributed by atoms with Crippen molar-refractivity contribution in [3.05, 3.63) is 30.3 Å². The van der Waals surface area contributed by atoms with Gasteiger partial charge < -0.3 is 0 Å². The van der Waals surface area contributed by atoms with E-state index in [9.17, 15) is 9.59 Å². The summed E-state index contributed by atoms with van der Waals surface area (Å²) < 4.78 is 0. The van der Waals surface area contributed by atoms with E-state index in [1.54, 1.807) is 31.2 Å². The number of urea groups is 1.